The first-order valence-corrected chi connectivity index (χ1v) is 6.04. The zero-order valence-corrected chi connectivity index (χ0v) is 10.1. The van der Waals surface area contributed by atoms with E-state index >= 15 is 0 Å². The molecule has 3 nitrogen and oxygen atoms in total. The van der Waals surface area contributed by atoms with E-state index < -0.39 is 0 Å². The standard InChI is InChI=1S/C14H14FN3/c15-14-8-11(9-17)2-3-12(14)10-18(7-1-6-16)13-4-5-13/h2-3,8,13H,1,4-5,7,10H2. The summed E-state index contributed by atoms with van der Waals surface area (Å²) in [6.07, 6.45) is 2.72. The van der Waals surface area contributed by atoms with E-state index in [-0.39, 0.29) is 5.82 Å². The molecule has 4 heteroatoms. The van der Waals surface area contributed by atoms with Crippen molar-refractivity contribution in [2.45, 2.75) is 31.8 Å². The Morgan fingerprint density at radius 2 is 2.11 bits per heavy atom. The first-order valence-electron chi connectivity index (χ1n) is 6.04. The van der Waals surface area contributed by atoms with Crippen molar-refractivity contribution in [2.75, 3.05) is 6.54 Å². The van der Waals surface area contributed by atoms with Crippen LogP contribution in [0, 0.1) is 28.5 Å². The van der Waals surface area contributed by atoms with Gasteiger partial charge >= 0.3 is 0 Å². The Bertz CT molecular complexity index is 509. The van der Waals surface area contributed by atoms with Crippen LogP contribution in [0.5, 0.6) is 0 Å². The smallest absolute Gasteiger partial charge is 0.129 e. The van der Waals surface area contributed by atoms with Gasteiger partial charge in [0.25, 0.3) is 0 Å². The number of halogens is 1. The van der Waals surface area contributed by atoms with Gasteiger partial charge in [0, 0.05) is 31.1 Å². The lowest BCUT2D eigenvalue weighted by Crippen LogP contribution is -2.27. The fraction of sp³-hybridized carbons (Fsp3) is 0.429. The molecule has 0 amide bonds. The molecule has 0 heterocycles. The highest BCUT2D eigenvalue weighted by Crippen LogP contribution is 2.28. The molecule has 0 aliphatic heterocycles. The molecule has 1 aromatic carbocycles. The van der Waals surface area contributed by atoms with Crippen LogP contribution in [0.25, 0.3) is 0 Å². The Morgan fingerprint density at radius 3 is 2.67 bits per heavy atom. The summed E-state index contributed by atoms with van der Waals surface area (Å²) in [5.74, 6) is -0.336. The van der Waals surface area contributed by atoms with Gasteiger partial charge in [0.2, 0.25) is 0 Å². The summed E-state index contributed by atoms with van der Waals surface area (Å²) in [5.41, 5.74) is 0.935. The van der Waals surface area contributed by atoms with Crippen molar-refractivity contribution < 1.29 is 4.39 Å². The normalized spacial score (nSPS) is 14.2. The van der Waals surface area contributed by atoms with E-state index in [0.29, 0.717) is 36.7 Å². The number of rotatable bonds is 5. The second kappa shape index (κ2) is 5.62. The van der Waals surface area contributed by atoms with Crippen LogP contribution in [0.1, 0.15) is 30.4 Å². The third kappa shape index (κ3) is 3.06. The quantitative estimate of drug-likeness (QED) is 0.798. The van der Waals surface area contributed by atoms with Crippen molar-refractivity contribution >= 4 is 0 Å². The molecular formula is C14H14FN3. The minimum atomic E-state index is -0.336. The molecule has 0 saturated heterocycles. The van der Waals surface area contributed by atoms with Gasteiger partial charge in [-0.3, -0.25) is 4.90 Å². The fourth-order valence-electron chi connectivity index (χ4n) is 1.99. The molecule has 1 aliphatic rings. The predicted molar refractivity (Wildman–Crippen MR) is 64.8 cm³/mol. The molecule has 0 unspecified atom stereocenters. The maximum Gasteiger partial charge on any atom is 0.129 e. The first-order chi connectivity index (χ1) is 8.74. The lowest BCUT2D eigenvalue weighted by molar-refractivity contribution is 0.257. The number of hydrogen-bond donors (Lipinski definition) is 0. The first kappa shape index (κ1) is 12.5. The predicted octanol–water partition coefficient (Wildman–Crippen LogP) is 2.58. The molecule has 1 saturated carbocycles. The van der Waals surface area contributed by atoms with Gasteiger partial charge in [-0.25, -0.2) is 4.39 Å². The molecule has 18 heavy (non-hydrogen) atoms. The molecule has 92 valence electrons. The van der Waals surface area contributed by atoms with Gasteiger partial charge in [-0.15, -0.1) is 0 Å². The van der Waals surface area contributed by atoms with Crippen LogP contribution in [0.4, 0.5) is 4.39 Å². The van der Waals surface area contributed by atoms with Crippen molar-refractivity contribution in [3.63, 3.8) is 0 Å². The van der Waals surface area contributed by atoms with Crippen molar-refractivity contribution in [2.24, 2.45) is 0 Å². The van der Waals surface area contributed by atoms with Crippen molar-refractivity contribution in [3.05, 3.63) is 35.1 Å². The van der Waals surface area contributed by atoms with Crippen LogP contribution in [0.3, 0.4) is 0 Å². The zero-order chi connectivity index (χ0) is 13.0. The minimum Gasteiger partial charge on any atom is -0.295 e. The van der Waals surface area contributed by atoms with Crippen LogP contribution >= 0.6 is 0 Å². The Morgan fingerprint density at radius 1 is 1.33 bits per heavy atom. The lowest BCUT2D eigenvalue weighted by atomic mass is 10.1. The van der Waals surface area contributed by atoms with Crippen LogP contribution in [-0.4, -0.2) is 17.5 Å². The Hall–Kier alpha value is -1.91. The number of nitriles is 2. The number of hydrogen-bond acceptors (Lipinski definition) is 3. The highest BCUT2D eigenvalue weighted by atomic mass is 19.1. The zero-order valence-electron chi connectivity index (χ0n) is 10.1. The van der Waals surface area contributed by atoms with Crippen LogP contribution in [-0.2, 0) is 6.54 Å². The van der Waals surface area contributed by atoms with E-state index in [1.165, 1.54) is 6.07 Å². The van der Waals surface area contributed by atoms with Crippen LogP contribution in [0.2, 0.25) is 0 Å². The average Bonchev–Trinajstić information content (AvgIpc) is 3.20. The molecule has 1 aliphatic carbocycles. The lowest BCUT2D eigenvalue weighted by Gasteiger charge is -2.20. The number of benzene rings is 1. The Labute approximate surface area is 106 Å². The van der Waals surface area contributed by atoms with Crippen molar-refractivity contribution in [3.8, 4) is 12.1 Å². The molecular weight excluding hydrogens is 229 g/mol. The molecule has 0 radical (unpaired) electrons. The largest absolute Gasteiger partial charge is 0.295 e. The topological polar surface area (TPSA) is 50.8 Å². The molecule has 0 aromatic heterocycles. The van der Waals surface area contributed by atoms with E-state index in [9.17, 15) is 4.39 Å². The Balaban J connectivity index is 2.07. The molecule has 1 fully saturated rings. The van der Waals surface area contributed by atoms with Gasteiger partial charge in [-0.1, -0.05) is 6.07 Å². The van der Waals surface area contributed by atoms with Crippen LogP contribution < -0.4 is 0 Å². The van der Waals surface area contributed by atoms with Crippen molar-refractivity contribution in [1.82, 2.24) is 4.90 Å². The Kier molecular flexibility index (Phi) is 3.92. The summed E-state index contributed by atoms with van der Waals surface area (Å²) in [7, 11) is 0. The van der Waals surface area contributed by atoms with E-state index in [0.717, 1.165) is 12.8 Å². The minimum absolute atomic E-state index is 0.336. The van der Waals surface area contributed by atoms with Gasteiger partial charge in [0.05, 0.1) is 17.7 Å². The monoisotopic (exact) mass is 243 g/mol. The molecule has 0 bridgehead atoms. The average molecular weight is 243 g/mol. The summed E-state index contributed by atoms with van der Waals surface area (Å²) < 4.78 is 13.8. The van der Waals surface area contributed by atoms with Gasteiger partial charge in [-0.05, 0) is 25.0 Å². The summed E-state index contributed by atoms with van der Waals surface area (Å²) >= 11 is 0. The molecule has 2 rings (SSSR count). The highest BCUT2D eigenvalue weighted by Gasteiger charge is 2.28. The van der Waals surface area contributed by atoms with E-state index in [2.05, 4.69) is 11.0 Å². The third-order valence-electron chi connectivity index (χ3n) is 3.13. The maximum absolute atomic E-state index is 13.8. The van der Waals surface area contributed by atoms with E-state index in [4.69, 9.17) is 10.5 Å². The molecule has 0 spiro atoms. The van der Waals surface area contributed by atoms with Gasteiger partial charge in [-0.2, -0.15) is 10.5 Å². The van der Waals surface area contributed by atoms with Gasteiger partial charge < -0.3 is 0 Å². The van der Waals surface area contributed by atoms with Crippen molar-refractivity contribution in [1.29, 1.82) is 10.5 Å². The fourth-order valence-corrected chi connectivity index (χ4v) is 1.99. The molecule has 1 aromatic rings. The second-order valence-electron chi connectivity index (χ2n) is 4.53. The molecule has 0 atom stereocenters. The third-order valence-corrected chi connectivity index (χ3v) is 3.13. The summed E-state index contributed by atoms with van der Waals surface area (Å²) in [6.45, 7) is 1.20. The molecule has 0 N–H and O–H groups in total. The van der Waals surface area contributed by atoms with Gasteiger partial charge in [0.15, 0.2) is 0 Å². The summed E-state index contributed by atoms with van der Waals surface area (Å²) in [6, 6.07) is 9.10. The highest BCUT2D eigenvalue weighted by molar-refractivity contribution is 5.32. The SMILES string of the molecule is N#CCCN(Cc1ccc(C#N)cc1F)C1CC1. The van der Waals surface area contributed by atoms with Crippen LogP contribution in [0.15, 0.2) is 18.2 Å². The van der Waals surface area contributed by atoms with Gasteiger partial charge in [0.1, 0.15) is 5.82 Å². The van der Waals surface area contributed by atoms with E-state index in [1.807, 2.05) is 6.07 Å². The second-order valence-corrected chi connectivity index (χ2v) is 4.53. The summed E-state index contributed by atoms with van der Waals surface area (Å²) in [4.78, 5) is 2.15. The number of nitrogens with zero attached hydrogens (tertiary/aromatic N) is 3. The maximum atomic E-state index is 13.8. The van der Waals surface area contributed by atoms with E-state index in [1.54, 1.807) is 12.1 Å². The summed E-state index contributed by atoms with van der Waals surface area (Å²) in [5, 5.41) is 17.3.